The van der Waals surface area contributed by atoms with Crippen molar-refractivity contribution in [2.75, 3.05) is 5.32 Å². The number of hydrogen-bond donors (Lipinski definition) is 2. The molecule has 33 heavy (non-hydrogen) atoms. The lowest BCUT2D eigenvalue weighted by atomic mass is 9.95. The number of hydrogen-bond acceptors (Lipinski definition) is 4. The van der Waals surface area contributed by atoms with Crippen LogP contribution in [0.2, 0.25) is 0 Å². The lowest BCUT2D eigenvalue weighted by molar-refractivity contribution is -0.137. The Hall–Kier alpha value is -3.68. The Bertz CT molecular complexity index is 1140. The van der Waals surface area contributed by atoms with E-state index in [1.54, 1.807) is 42.6 Å². The van der Waals surface area contributed by atoms with Crippen LogP contribution in [0.25, 0.3) is 0 Å². The molecule has 0 spiro atoms. The quantitative estimate of drug-likeness (QED) is 0.441. The molecule has 1 fully saturated rings. The zero-order chi connectivity index (χ0) is 23.5. The standard InChI is InChI=1S/C25H22F3N3O2/c26-25(27,28)20-5-1-2-6-21(20)31-19-9-7-17(8-10-19)15-30-23(33)24(11-12-24)14-22(32)18-4-3-13-29-16-18/h1-10,13,16,31H,11-12,14-15H2,(H,30,33). The summed E-state index contributed by atoms with van der Waals surface area (Å²) in [6.07, 6.45) is 0.0981. The third-order valence-electron chi connectivity index (χ3n) is 5.74. The van der Waals surface area contributed by atoms with Crippen LogP contribution in [0.15, 0.2) is 73.1 Å². The first-order chi connectivity index (χ1) is 15.8. The number of rotatable bonds is 8. The smallest absolute Gasteiger partial charge is 0.355 e. The first-order valence-corrected chi connectivity index (χ1v) is 10.5. The zero-order valence-electron chi connectivity index (χ0n) is 17.7. The van der Waals surface area contributed by atoms with Gasteiger partial charge in [-0.15, -0.1) is 0 Å². The van der Waals surface area contributed by atoms with Crippen LogP contribution < -0.4 is 10.6 Å². The summed E-state index contributed by atoms with van der Waals surface area (Å²) in [6.45, 7) is 0.265. The van der Waals surface area contributed by atoms with E-state index in [1.807, 2.05) is 0 Å². The maximum Gasteiger partial charge on any atom is 0.418 e. The molecule has 1 amide bonds. The van der Waals surface area contributed by atoms with E-state index in [9.17, 15) is 22.8 Å². The van der Waals surface area contributed by atoms with E-state index < -0.39 is 17.2 Å². The fourth-order valence-electron chi connectivity index (χ4n) is 3.64. The maximum absolute atomic E-state index is 13.2. The minimum absolute atomic E-state index is 0.0278. The number of ketones is 1. The van der Waals surface area contributed by atoms with Crippen molar-refractivity contribution in [1.82, 2.24) is 10.3 Å². The highest BCUT2D eigenvalue weighted by Gasteiger charge is 2.50. The number of carbonyl (C=O) groups excluding carboxylic acids is 2. The molecule has 1 heterocycles. The Labute approximate surface area is 189 Å². The Morgan fingerprint density at radius 1 is 0.970 bits per heavy atom. The predicted octanol–water partition coefficient (Wildman–Crippen LogP) is 5.51. The molecule has 0 aliphatic heterocycles. The van der Waals surface area contributed by atoms with Gasteiger partial charge in [-0.1, -0.05) is 24.3 Å². The molecule has 1 aliphatic carbocycles. The van der Waals surface area contributed by atoms with E-state index in [0.29, 0.717) is 24.1 Å². The van der Waals surface area contributed by atoms with Gasteiger partial charge in [0.1, 0.15) is 0 Å². The zero-order valence-corrected chi connectivity index (χ0v) is 17.7. The van der Waals surface area contributed by atoms with Gasteiger partial charge in [0.2, 0.25) is 5.91 Å². The molecular weight excluding hydrogens is 431 g/mol. The number of anilines is 2. The van der Waals surface area contributed by atoms with Crippen molar-refractivity contribution in [1.29, 1.82) is 0 Å². The summed E-state index contributed by atoms with van der Waals surface area (Å²) in [7, 11) is 0. The third kappa shape index (κ3) is 5.39. The van der Waals surface area contributed by atoms with Crippen molar-refractivity contribution >= 4 is 23.1 Å². The average Bonchev–Trinajstić information content (AvgIpc) is 3.59. The van der Waals surface area contributed by atoms with Crippen LogP contribution in [0.5, 0.6) is 0 Å². The summed E-state index contributed by atoms with van der Waals surface area (Å²) in [5, 5.41) is 5.67. The number of benzene rings is 2. The Balaban J connectivity index is 1.34. The monoisotopic (exact) mass is 453 g/mol. The summed E-state index contributed by atoms with van der Waals surface area (Å²) in [5.74, 6) is -0.272. The first-order valence-electron chi connectivity index (χ1n) is 10.5. The number of halogens is 3. The van der Waals surface area contributed by atoms with Crippen molar-refractivity contribution in [3.8, 4) is 0 Å². The van der Waals surface area contributed by atoms with Crippen molar-refractivity contribution in [2.24, 2.45) is 5.41 Å². The second-order valence-electron chi connectivity index (χ2n) is 8.17. The van der Waals surface area contributed by atoms with E-state index in [-0.39, 0.29) is 30.3 Å². The molecule has 1 aromatic heterocycles. The van der Waals surface area contributed by atoms with Crippen LogP contribution in [0.1, 0.15) is 40.7 Å². The van der Waals surface area contributed by atoms with E-state index >= 15 is 0 Å². The first kappa shape index (κ1) is 22.5. The molecular formula is C25H22F3N3O2. The molecule has 0 bridgehead atoms. The van der Waals surface area contributed by atoms with E-state index in [0.717, 1.165) is 11.6 Å². The summed E-state index contributed by atoms with van der Waals surface area (Å²) in [6, 6.07) is 15.4. The second-order valence-corrected chi connectivity index (χ2v) is 8.17. The number of amides is 1. The summed E-state index contributed by atoms with van der Waals surface area (Å²) in [5.41, 5.74) is 0.356. The van der Waals surface area contributed by atoms with Gasteiger partial charge in [0.25, 0.3) is 0 Å². The van der Waals surface area contributed by atoms with Crippen molar-refractivity contribution in [3.63, 3.8) is 0 Å². The number of alkyl halides is 3. The number of aromatic nitrogens is 1. The molecule has 1 aliphatic rings. The molecule has 0 saturated heterocycles. The largest absolute Gasteiger partial charge is 0.418 e. The number of carbonyl (C=O) groups is 2. The van der Waals surface area contributed by atoms with E-state index in [1.165, 1.54) is 24.4 Å². The number of para-hydroxylation sites is 1. The molecule has 4 rings (SSSR count). The Kier molecular flexibility index (Phi) is 6.18. The topological polar surface area (TPSA) is 71.1 Å². The van der Waals surface area contributed by atoms with Crippen LogP contribution in [-0.2, 0) is 17.5 Å². The minimum atomic E-state index is -4.45. The van der Waals surface area contributed by atoms with Crippen LogP contribution in [0, 0.1) is 5.41 Å². The van der Waals surface area contributed by atoms with E-state index in [4.69, 9.17) is 0 Å². The average molecular weight is 453 g/mol. The van der Waals surface area contributed by atoms with Crippen LogP contribution in [0.3, 0.4) is 0 Å². The van der Waals surface area contributed by atoms with Gasteiger partial charge in [0, 0.05) is 36.6 Å². The number of nitrogens with zero attached hydrogens (tertiary/aromatic N) is 1. The highest BCUT2D eigenvalue weighted by molar-refractivity contribution is 6.00. The normalized spacial score (nSPS) is 14.4. The molecule has 5 nitrogen and oxygen atoms in total. The Morgan fingerprint density at radius 2 is 1.70 bits per heavy atom. The molecule has 3 aromatic rings. The van der Waals surface area contributed by atoms with Gasteiger partial charge in [-0.05, 0) is 54.8 Å². The number of pyridine rings is 1. The third-order valence-corrected chi connectivity index (χ3v) is 5.74. The lowest BCUT2D eigenvalue weighted by Gasteiger charge is -2.16. The molecule has 170 valence electrons. The minimum Gasteiger partial charge on any atom is -0.355 e. The molecule has 0 atom stereocenters. The van der Waals surface area contributed by atoms with Crippen molar-refractivity contribution in [3.05, 3.63) is 89.7 Å². The second kappa shape index (κ2) is 9.05. The fourth-order valence-corrected chi connectivity index (χ4v) is 3.64. The fraction of sp³-hybridized carbons (Fsp3) is 0.240. The van der Waals surface area contributed by atoms with Gasteiger partial charge in [0.05, 0.1) is 16.7 Å². The highest BCUT2D eigenvalue weighted by atomic mass is 19.4. The molecule has 2 N–H and O–H groups in total. The predicted molar refractivity (Wildman–Crippen MR) is 118 cm³/mol. The van der Waals surface area contributed by atoms with Crippen LogP contribution in [-0.4, -0.2) is 16.7 Å². The maximum atomic E-state index is 13.2. The Morgan fingerprint density at radius 3 is 2.33 bits per heavy atom. The molecule has 0 unspecified atom stereocenters. The molecule has 8 heteroatoms. The highest BCUT2D eigenvalue weighted by Crippen LogP contribution is 2.49. The van der Waals surface area contributed by atoms with Gasteiger partial charge in [-0.2, -0.15) is 13.2 Å². The van der Waals surface area contributed by atoms with Gasteiger partial charge in [-0.25, -0.2) is 0 Å². The summed E-state index contributed by atoms with van der Waals surface area (Å²) < 4.78 is 39.5. The van der Waals surface area contributed by atoms with Gasteiger partial charge >= 0.3 is 6.18 Å². The SMILES string of the molecule is O=C(CC1(C(=O)NCc2ccc(Nc3ccccc3C(F)(F)F)cc2)CC1)c1cccnc1. The van der Waals surface area contributed by atoms with Gasteiger partial charge < -0.3 is 10.6 Å². The number of Topliss-reactive ketones (excluding diaryl/α,β-unsaturated/α-hetero) is 1. The van der Waals surface area contributed by atoms with Gasteiger partial charge in [0.15, 0.2) is 5.78 Å². The molecule has 2 aromatic carbocycles. The molecule has 1 saturated carbocycles. The van der Waals surface area contributed by atoms with Crippen molar-refractivity contribution in [2.45, 2.75) is 32.0 Å². The van der Waals surface area contributed by atoms with Crippen molar-refractivity contribution < 1.29 is 22.8 Å². The lowest BCUT2D eigenvalue weighted by Crippen LogP contribution is -2.33. The molecule has 0 radical (unpaired) electrons. The van der Waals surface area contributed by atoms with Crippen LogP contribution in [0.4, 0.5) is 24.5 Å². The summed E-state index contributed by atoms with van der Waals surface area (Å²) in [4.78, 5) is 29.1. The van der Waals surface area contributed by atoms with Crippen LogP contribution >= 0.6 is 0 Å². The van der Waals surface area contributed by atoms with E-state index in [2.05, 4.69) is 15.6 Å². The number of nitrogens with one attached hydrogen (secondary N) is 2. The summed E-state index contributed by atoms with van der Waals surface area (Å²) >= 11 is 0. The van der Waals surface area contributed by atoms with Gasteiger partial charge in [-0.3, -0.25) is 14.6 Å².